The molecule has 1 aromatic carbocycles. The average molecular weight is 247 g/mol. The SMILES string of the molecule is Cc1ccc(F)cc1C(N)c1ccnn1C(C)C. The Morgan fingerprint density at radius 2 is 2.00 bits per heavy atom. The van der Waals surface area contributed by atoms with Gasteiger partial charge in [-0.25, -0.2) is 4.39 Å². The number of nitrogens with two attached hydrogens (primary N) is 1. The van der Waals surface area contributed by atoms with Crippen LogP contribution >= 0.6 is 0 Å². The summed E-state index contributed by atoms with van der Waals surface area (Å²) >= 11 is 0. The predicted molar refractivity (Wildman–Crippen MR) is 69.8 cm³/mol. The number of benzene rings is 1. The average Bonchev–Trinajstić information content (AvgIpc) is 2.80. The molecule has 0 aliphatic carbocycles. The van der Waals surface area contributed by atoms with Crippen molar-refractivity contribution in [3.05, 3.63) is 53.1 Å². The van der Waals surface area contributed by atoms with E-state index < -0.39 is 0 Å². The maximum atomic E-state index is 13.3. The molecule has 1 unspecified atom stereocenters. The minimum Gasteiger partial charge on any atom is -0.319 e. The summed E-state index contributed by atoms with van der Waals surface area (Å²) in [6.45, 7) is 6.02. The minimum atomic E-state index is -0.356. The van der Waals surface area contributed by atoms with E-state index in [0.29, 0.717) is 0 Å². The summed E-state index contributed by atoms with van der Waals surface area (Å²) in [4.78, 5) is 0. The van der Waals surface area contributed by atoms with Crippen LogP contribution in [0.25, 0.3) is 0 Å². The van der Waals surface area contributed by atoms with Crippen LogP contribution in [-0.2, 0) is 0 Å². The molecule has 0 bridgehead atoms. The van der Waals surface area contributed by atoms with Gasteiger partial charge in [0, 0.05) is 12.2 Å². The van der Waals surface area contributed by atoms with Crippen LogP contribution in [-0.4, -0.2) is 9.78 Å². The zero-order chi connectivity index (χ0) is 13.3. The number of hydrogen-bond acceptors (Lipinski definition) is 2. The Hall–Kier alpha value is -1.68. The lowest BCUT2D eigenvalue weighted by molar-refractivity contribution is 0.498. The van der Waals surface area contributed by atoms with Gasteiger partial charge in [-0.1, -0.05) is 6.07 Å². The van der Waals surface area contributed by atoms with E-state index in [1.165, 1.54) is 12.1 Å². The number of aromatic nitrogens is 2. The molecule has 0 saturated carbocycles. The first-order valence-corrected chi connectivity index (χ1v) is 6.05. The highest BCUT2D eigenvalue weighted by atomic mass is 19.1. The zero-order valence-electron chi connectivity index (χ0n) is 10.9. The first kappa shape index (κ1) is 12.8. The van der Waals surface area contributed by atoms with Gasteiger partial charge in [0.05, 0.1) is 11.7 Å². The molecule has 0 spiro atoms. The molecule has 0 aliphatic heterocycles. The van der Waals surface area contributed by atoms with E-state index >= 15 is 0 Å². The van der Waals surface area contributed by atoms with Gasteiger partial charge in [-0.3, -0.25) is 4.68 Å². The summed E-state index contributed by atoms with van der Waals surface area (Å²) in [5, 5.41) is 4.26. The van der Waals surface area contributed by atoms with Gasteiger partial charge in [-0.2, -0.15) is 5.10 Å². The second-order valence-electron chi connectivity index (χ2n) is 4.77. The van der Waals surface area contributed by atoms with Gasteiger partial charge in [-0.15, -0.1) is 0 Å². The Balaban J connectivity index is 2.44. The van der Waals surface area contributed by atoms with Crippen molar-refractivity contribution in [1.29, 1.82) is 0 Å². The Morgan fingerprint density at radius 3 is 2.67 bits per heavy atom. The fourth-order valence-electron chi connectivity index (χ4n) is 2.11. The molecule has 0 amide bonds. The lowest BCUT2D eigenvalue weighted by Crippen LogP contribution is -2.19. The molecule has 2 N–H and O–H groups in total. The fraction of sp³-hybridized carbons (Fsp3) is 0.357. The van der Waals surface area contributed by atoms with E-state index in [2.05, 4.69) is 5.10 Å². The predicted octanol–water partition coefficient (Wildman–Crippen LogP) is 2.96. The summed E-state index contributed by atoms with van der Waals surface area (Å²) in [6.07, 6.45) is 1.73. The first-order valence-electron chi connectivity index (χ1n) is 6.05. The Bertz CT molecular complexity index is 546. The van der Waals surface area contributed by atoms with Crippen molar-refractivity contribution in [2.45, 2.75) is 32.9 Å². The lowest BCUT2D eigenvalue weighted by Gasteiger charge is -2.18. The molecule has 3 nitrogen and oxygen atoms in total. The van der Waals surface area contributed by atoms with Crippen molar-refractivity contribution in [2.24, 2.45) is 5.73 Å². The second-order valence-corrected chi connectivity index (χ2v) is 4.77. The summed E-state index contributed by atoms with van der Waals surface area (Å²) < 4.78 is 15.2. The molecule has 96 valence electrons. The van der Waals surface area contributed by atoms with Gasteiger partial charge < -0.3 is 5.73 Å². The van der Waals surface area contributed by atoms with Crippen LogP contribution in [0.1, 0.15) is 42.8 Å². The summed E-state index contributed by atoms with van der Waals surface area (Å²) in [5.41, 5.74) is 8.93. The van der Waals surface area contributed by atoms with Crippen molar-refractivity contribution in [3.8, 4) is 0 Å². The van der Waals surface area contributed by atoms with Gasteiger partial charge in [0.25, 0.3) is 0 Å². The third-order valence-electron chi connectivity index (χ3n) is 3.09. The van der Waals surface area contributed by atoms with E-state index in [1.807, 2.05) is 31.5 Å². The highest BCUT2D eigenvalue weighted by Crippen LogP contribution is 2.24. The number of halogens is 1. The maximum Gasteiger partial charge on any atom is 0.123 e. The molecule has 4 heteroatoms. The summed E-state index contributed by atoms with van der Waals surface area (Å²) in [6, 6.07) is 6.46. The molecular weight excluding hydrogens is 229 g/mol. The second kappa shape index (κ2) is 4.90. The smallest absolute Gasteiger partial charge is 0.123 e. The van der Waals surface area contributed by atoms with Crippen molar-refractivity contribution in [1.82, 2.24) is 9.78 Å². The molecule has 18 heavy (non-hydrogen) atoms. The van der Waals surface area contributed by atoms with E-state index in [0.717, 1.165) is 16.8 Å². The van der Waals surface area contributed by atoms with E-state index in [-0.39, 0.29) is 17.9 Å². The van der Waals surface area contributed by atoms with Crippen LogP contribution < -0.4 is 5.73 Å². The molecule has 1 aromatic heterocycles. The van der Waals surface area contributed by atoms with Crippen molar-refractivity contribution >= 4 is 0 Å². The molecule has 0 fully saturated rings. The fourth-order valence-corrected chi connectivity index (χ4v) is 2.11. The maximum absolute atomic E-state index is 13.3. The van der Waals surface area contributed by atoms with E-state index in [9.17, 15) is 4.39 Å². The highest BCUT2D eigenvalue weighted by molar-refractivity contribution is 5.34. The van der Waals surface area contributed by atoms with Crippen LogP contribution in [0.5, 0.6) is 0 Å². The monoisotopic (exact) mass is 247 g/mol. The summed E-state index contributed by atoms with van der Waals surface area (Å²) in [5.74, 6) is -0.262. The highest BCUT2D eigenvalue weighted by Gasteiger charge is 2.17. The van der Waals surface area contributed by atoms with E-state index in [1.54, 1.807) is 12.3 Å². The number of aryl methyl sites for hydroxylation is 1. The lowest BCUT2D eigenvalue weighted by atomic mass is 9.99. The van der Waals surface area contributed by atoms with Crippen molar-refractivity contribution in [2.75, 3.05) is 0 Å². The number of hydrogen-bond donors (Lipinski definition) is 1. The largest absolute Gasteiger partial charge is 0.319 e. The van der Waals surface area contributed by atoms with Crippen molar-refractivity contribution < 1.29 is 4.39 Å². The Morgan fingerprint density at radius 1 is 1.28 bits per heavy atom. The van der Waals surface area contributed by atoms with Gasteiger partial charge >= 0.3 is 0 Å². The van der Waals surface area contributed by atoms with Gasteiger partial charge in [0.15, 0.2) is 0 Å². The Kier molecular flexibility index (Phi) is 3.48. The zero-order valence-corrected chi connectivity index (χ0v) is 10.9. The van der Waals surface area contributed by atoms with Crippen molar-refractivity contribution in [3.63, 3.8) is 0 Å². The molecule has 0 radical (unpaired) electrons. The number of rotatable bonds is 3. The third-order valence-corrected chi connectivity index (χ3v) is 3.09. The standard InChI is InChI=1S/C14H18FN3/c1-9(2)18-13(6-7-17-18)14(16)12-8-11(15)5-4-10(12)3/h4-9,14H,16H2,1-3H3. The molecule has 0 aliphatic rings. The molecule has 1 atom stereocenters. The van der Waals surface area contributed by atoms with Crippen LogP contribution in [0.3, 0.4) is 0 Å². The van der Waals surface area contributed by atoms with Gasteiger partial charge in [0.1, 0.15) is 5.82 Å². The molecule has 2 aromatic rings. The number of nitrogens with zero attached hydrogens (tertiary/aromatic N) is 2. The summed E-state index contributed by atoms with van der Waals surface area (Å²) in [7, 11) is 0. The minimum absolute atomic E-state index is 0.231. The van der Waals surface area contributed by atoms with E-state index in [4.69, 9.17) is 5.73 Å². The van der Waals surface area contributed by atoms with Crippen LogP contribution in [0.4, 0.5) is 4.39 Å². The quantitative estimate of drug-likeness (QED) is 0.906. The topological polar surface area (TPSA) is 43.8 Å². The van der Waals surface area contributed by atoms with Gasteiger partial charge in [0.2, 0.25) is 0 Å². The van der Waals surface area contributed by atoms with Crippen LogP contribution in [0.15, 0.2) is 30.5 Å². The third kappa shape index (κ3) is 2.29. The first-order chi connectivity index (χ1) is 8.50. The van der Waals surface area contributed by atoms with Crippen LogP contribution in [0.2, 0.25) is 0 Å². The van der Waals surface area contributed by atoms with Gasteiger partial charge in [-0.05, 0) is 50.1 Å². The molecule has 2 rings (SSSR count). The Labute approximate surface area is 106 Å². The molecular formula is C14H18FN3. The van der Waals surface area contributed by atoms with Crippen LogP contribution in [0, 0.1) is 12.7 Å². The normalized spacial score (nSPS) is 13.0. The molecule has 0 saturated heterocycles. The molecule has 1 heterocycles.